The summed E-state index contributed by atoms with van der Waals surface area (Å²) in [6.45, 7) is 7.03. The number of hydrogen-bond acceptors (Lipinski definition) is 7. The zero-order valence-corrected chi connectivity index (χ0v) is 17.4. The van der Waals surface area contributed by atoms with Gasteiger partial charge in [-0.15, -0.1) is 0 Å². The van der Waals surface area contributed by atoms with E-state index in [1.54, 1.807) is 37.4 Å². The second kappa shape index (κ2) is 9.06. The van der Waals surface area contributed by atoms with Gasteiger partial charge in [0.05, 0.1) is 22.5 Å². The first-order valence-electron chi connectivity index (χ1n) is 9.21. The van der Waals surface area contributed by atoms with E-state index in [9.17, 15) is 8.42 Å². The fourth-order valence-corrected chi connectivity index (χ4v) is 3.71. The number of anilines is 1. The van der Waals surface area contributed by atoms with Crippen molar-refractivity contribution < 1.29 is 17.6 Å². The molecule has 0 atom stereocenters. The monoisotopic (exact) mass is 416 g/mol. The van der Waals surface area contributed by atoms with E-state index < -0.39 is 10.0 Å². The topological polar surface area (TPSA) is 106 Å². The lowest BCUT2D eigenvalue weighted by molar-refractivity contribution is 0.297. The molecule has 154 valence electrons. The molecule has 0 aliphatic heterocycles. The Morgan fingerprint density at radius 3 is 2.52 bits per heavy atom. The van der Waals surface area contributed by atoms with E-state index >= 15 is 0 Å². The first kappa shape index (κ1) is 20.8. The molecule has 0 saturated heterocycles. The summed E-state index contributed by atoms with van der Waals surface area (Å²) in [5.41, 5.74) is 1.67. The average molecular weight is 417 g/mol. The largest absolute Gasteiger partial charge is 0.476 e. The van der Waals surface area contributed by atoms with E-state index in [0.29, 0.717) is 42.2 Å². The summed E-state index contributed by atoms with van der Waals surface area (Å²) >= 11 is 0. The molecule has 3 aromatic rings. The van der Waals surface area contributed by atoms with Crippen molar-refractivity contribution in [1.29, 1.82) is 0 Å². The minimum Gasteiger partial charge on any atom is -0.476 e. The van der Waals surface area contributed by atoms with E-state index in [1.165, 1.54) is 18.5 Å². The number of benzene rings is 1. The van der Waals surface area contributed by atoms with E-state index in [2.05, 4.69) is 33.9 Å². The normalized spacial score (nSPS) is 11.6. The number of ether oxygens (including phenoxy) is 1. The van der Waals surface area contributed by atoms with Crippen molar-refractivity contribution in [2.24, 2.45) is 0 Å². The Bertz CT molecular complexity index is 1030. The molecular weight excluding hydrogens is 392 g/mol. The number of nitrogens with one attached hydrogen (secondary N) is 2. The third-order valence-corrected chi connectivity index (χ3v) is 5.47. The van der Waals surface area contributed by atoms with Crippen LogP contribution in [0.15, 0.2) is 58.3 Å². The molecule has 2 N–H and O–H groups in total. The molecule has 3 rings (SSSR count). The Balaban J connectivity index is 1.66. The van der Waals surface area contributed by atoms with E-state index in [-0.39, 0.29) is 4.90 Å². The van der Waals surface area contributed by atoms with Crippen LogP contribution in [0.1, 0.15) is 19.5 Å². The van der Waals surface area contributed by atoms with Crippen molar-refractivity contribution in [1.82, 2.24) is 15.3 Å². The van der Waals surface area contributed by atoms with Gasteiger partial charge in [-0.25, -0.2) is 18.4 Å². The number of oxazole rings is 1. The minimum absolute atomic E-state index is 0.139. The Hall–Kier alpha value is -2.91. The summed E-state index contributed by atoms with van der Waals surface area (Å²) in [4.78, 5) is 8.31. The fraction of sp³-hybridized carbons (Fsp3) is 0.300. The van der Waals surface area contributed by atoms with Crippen LogP contribution in [-0.2, 0) is 10.0 Å². The van der Waals surface area contributed by atoms with Crippen molar-refractivity contribution in [3.63, 3.8) is 0 Å². The molecule has 0 fully saturated rings. The van der Waals surface area contributed by atoms with Gasteiger partial charge in [-0.05, 0) is 37.3 Å². The van der Waals surface area contributed by atoms with Gasteiger partial charge in [-0.2, -0.15) is 0 Å². The Morgan fingerprint density at radius 2 is 1.90 bits per heavy atom. The molecule has 0 radical (unpaired) electrons. The van der Waals surface area contributed by atoms with Gasteiger partial charge < -0.3 is 14.5 Å². The molecule has 0 unspecified atom stereocenters. The molecule has 0 saturated carbocycles. The molecule has 8 nitrogen and oxygen atoms in total. The van der Waals surface area contributed by atoms with E-state index in [4.69, 9.17) is 9.15 Å². The number of aryl methyl sites for hydroxylation is 1. The summed E-state index contributed by atoms with van der Waals surface area (Å²) in [5, 5.41) is 3.25. The Kier molecular flexibility index (Phi) is 6.50. The van der Waals surface area contributed by atoms with Crippen LogP contribution < -0.4 is 14.8 Å². The number of hydrogen-bond donors (Lipinski definition) is 2. The first-order valence-corrected chi connectivity index (χ1v) is 10.7. The third kappa shape index (κ3) is 5.55. The molecule has 0 aliphatic carbocycles. The summed E-state index contributed by atoms with van der Waals surface area (Å²) in [7, 11) is -3.75. The average Bonchev–Trinajstić information content (AvgIpc) is 3.22. The second-order valence-corrected chi connectivity index (χ2v) is 8.42. The molecular formula is C20H24N4O4S. The zero-order valence-electron chi connectivity index (χ0n) is 16.5. The minimum atomic E-state index is -3.75. The van der Waals surface area contributed by atoms with Gasteiger partial charge in [-0.1, -0.05) is 13.8 Å². The molecule has 9 heteroatoms. The van der Waals surface area contributed by atoms with Crippen molar-refractivity contribution >= 4 is 15.7 Å². The fourth-order valence-electron chi connectivity index (χ4n) is 2.59. The highest BCUT2D eigenvalue weighted by molar-refractivity contribution is 7.92. The van der Waals surface area contributed by atoms with Crippen LogP contribution in [0.3, 0.4) is 0 Å². The van der Waals surface area contributed by atoms with Crippen molar-refractivity contribution in [2.75, 3.05) is 17.9 Å². The summed E-state index contributed by atoms with van der Waals surface area (Å²) in [6.07, 6.45) is 2.89. The number of sulfonamides is 1. The van der Waals surface area contributed by atoms with Gasteiger partial charge in [0.2, 0.25) is 5.88 Å². The van der Waals surface area contributed by atoms with Crippen LogP contribution in [0.25, 0.3) is 11.3 Å². The van der Waals surface area contributed by atoms with Crippen LogP contribution in [0, 0.1) is 6.92 Å². The predicted octanol–water partition coefficient (Wildman–Crippen LogP) is 3.22. The summed E-state index contributed by atoms with van der Waals surface area (Å²) < 4.78 is 38.8. The molecule has 0 amide bonds. The Morgan fingerprint density at radius 1 is 1.14 bits per heavy atom. The first-order chi connectivity index (χ1) is 13.8. The third-order valence-electron chi connectivity index (χ3n) is 4.09. The number of pyridine rings is 1. The van der Waals surface area contributed by atoms with Gasteiger partial charge in [0.25, 0.3) is 10.0 Å². The lowest BCUT2D eigenvalue weighted by Gasteiger charge is -2.13. The highest BCUT2D eigenvalue weighted by Gasteiger charge is 2.16. The molecule has 0 spiro atoms. The predicted molar refractivity (Wildman–Crippen MR) is 110 cm³/mol. The van der Waals surface area contributed by atoms with Gasteiger partial charge >= 0.3 is 0 Å². The van der Waals surface area contributed by atoms with Gasteiger partial charge in [0.15, 0.2) is 12.2 Å². The standard InChI is InChI=1S/C20H24N4O4S/c1-14(2)22-10-11-27-20-9-8-18(15(3)23-20)24-29(25,26)17-6-4-16(5-7-17)19-12-21-13-28-19/h4-9,12-14,22,24H,10-11H2,1-3H3. The maximum absolute atomic E-state index is 12.7. The number of rotatable bonds is 9. The molecule has 2 heterocycles. The quantitative estimate of drug-likeness (QED) is 0.516. The second-order valence-electron chi connectivity index (χ2n) is 6.74. The van der Waals surface area contributed by atoms with Crippen molar-refractivity contribution in [2.45, 2.75) is 31.7 Å². The number of aromatic nitrogens is 2. The maximum Gasteiger partial charge on any atom is 0.261 e. The van der Waals surface area contributed by atoms with Gasteiger partial charge in [0, 0.05) is 24.2 Å². The zero-order chi connectivity index (χ0) is 20.9. The van der Waals surface area contributed by atoms with Crippen LogP contribution in [0.5, 0.6) is 5.88 Å². The Labute approximate surface area is 170 Å². The van der Waals surface area contributed by atoms with Crippen LogP contribution in [0.4, 0.5) is 5.69 Å². The van der Waals surface area contributed by atoms with Gasteiger partial charge in [-0.3, -0.25) is 4.72 Å². The van der Waals surface area contributed by atoms with E-state index in [1.807, 2.05) is 0 Å². The SMILES string of the molecule is Cc1nc(OCCNC(C)C)ccc1NS(=O)(=O)c1ccc(-c2cnco2)cc1. The summed E-state index contributed by atoms with van der Waals surface area (Å²) in [5.74, 6) is 1.02. The molecule has 0 bridgehead atoms. The molecule has 29 heavy (non-hydrogen) atoms. The van der Waals surface area contributed by atoms with Gasteiger partial charge in [0.1, 0.15) is 6.61 Å². The van der Waals surface area contributed by atoms with Crippen molar-refractivity contribution in [3.05, 3.63) is 54.7 Å². The van der Waals surface area contributed by atoms with Crippen LogP contribution in [-0.4, -0.2) is 37.6 Å². The van der Waals surface area contributed by atoms with Crippen LogP contribution >= 0.6 is 0 Å². The summed E-state index contributed by atoms with van der Waals surface area (Å²) in [6, 6.07) is 10.0. The highest BCUT2D eigenvalue weighted by atomic mass is 32.2. The molecule has 2 aromatic heterocycles. The van der Waals surface area contributed by atoms with Crippen molar-refractivity contribution in [3.8, 4) is 17.2 Å². The lowest BCUT2D eigenvalue weighted by Crippen LogP contribution is -2.27. The van der Waals surface area contributed by atoms with E-state index in [0.717, 1.165) is 5.56 Å². The smallest absolute Gasteiger partial charge is 0.261 e. The lowest BCUT2D eigenvalue weighted by atomic mass is 10.2. The maximum atomic E-state index is 12.7. The van der Waals surface area contributed by atoms with Crippen LogP contribution in [0.2, 0.25) is 0 Å². The highest BCUT2D eigenvalue weighted by Crippen LogP contribution is 2.24. The molecule has 1 aromatic carbocycles. The number of nitrogens with zero attached hydrogens (tertiary/aromatic N) is 2. The molecule has 0 aliphatic rings.